The van der Waals surface area contributed by atoms with Crippen LogP contribution in [0.2, 0.25) is 0 Å². The number of carbonyl (C=O) groups excluding carboxylic acids is 1. The van der Waals surface area contributed by atoms with Crippen molar-refractivity contribution in [2.45, 2.75) is 6.54 Å². The lowest BCUT2D eigenvalue weighted by molar-refractivity contribution is 0.0606. The molecule has 2 heterocycles. The van der Waals surface area contributed by atoms with Crippen molar-refractivity contribution in [1.82, 2.24) is 9.78 Å². The van der Waals surface area contributed by atoms with Crippen molar-refractivity contribution >= 4 is 17.3 Å². The molecule has 0 aliphatic heterocycles. The Bertz CT molecular complexity index is 518. The molecule has 0 amide bonds. The van der Waals surface area contributed by atoms with Crippen molar-refractivity contribution in [3.05, 3.63) is 29.3 Å². The molecular weight excluding hydrogens is 240 g/mol. The number of hydrogen-bond acceptors (Lipinski definition) is 5. The maximum absolute atomic E-state index is 11.3. The number of ether oxygens (including phenoxy) is 1. The van der Waals surface area contributed by atoms with Gasteiger partial charge in [-0.2, -0.15) is 5.10 Å². The number of aromatic nitrogens is 2. The molecule has 1 N–H and O–H groups in total. The van der Waals surface area contributed by atoms with Crippen LogP contribution in [0, 0.1) is 0 Å². The molecular formula is C11H12N2O3S. The molecule has 17 heavy (non-hydrogen) atoms. The number of hydrogen-bond donors (Lipinski definition) is 1. The van der Waals surface area contributed by atoms with Crippen LogP contribution in [0.1, 0.15) is 9.67 Å². The number of nitrogens with zero attached hydrogens (tertiary/aromatic N) is 2. The molecule has 0 radical (unpaired) electrons. The number of carbonyl (C=O) groups is 1. The summed E-state index contributed by atoms with van der Waals surface area (Å²) < 4.78 is 6.30. The van der Waals surface area contributed by atoms with E-state index in [-0.39, 0.29) is 12.6 Å². The third-order valence-corrected chi connectivity index (χ3v) is 3.30. The SMILES string of the molecule is COC(=O)c1ccc(-c2ccn(CCO)n2)s1. The summed E-state index contributed by atoms with van der Waals surface area (Å²) in [5, 5.41) is 13.1. The summed E-state index contributed by atoms with van der Waals surface area (Å²) in [6.45, 7) is 0.522. The third kappa shape index (κ3) is 2.54. The predicted molar refractivity (Wildman–Crippen MR) is 64.0 cm³/mol. The Morgan fingerprint density at radius 1 is 1.53 bits per heavy atom. The highest BCUT2D eigenvalue weighted by Gasteiger charge is 2.11. The van der Waals surface area contributed by atoms with Crippen molar-refractivity contribution < 1.29 is 14.6 Å². The van der Waals surface area contributed by atoms with Gasteiger partial charge in [-0.1, -0.05) is 0 Å². The van der Waals surface area contributed by atoms with Gasteiger partial charge < -0.3 is 9.84 Å². The van der Waals surface area contributed by atoms with Gasteiger partial charge in [-0.15, -0.1) is 11.3 Å². The van der Waals surface area contributed by atoms with Gasteiger partial charge in [0.1, 0.15) is 10.6 Å². The number of thiophene rings is 1. The van der Waals surface area contributed by atoms with Crippen LogP contribution < -0.4 is 0 Å². The third-order valence-electron chi connectivity index (χ3n) is 2.21. The predicted octanol–water partition coefficient (Wildman–Crippen LogP) is 1.39. The Morgan fingerprint density at radius 2 is 2.35 bits per heavy atom. The van der Waals surface area contributed by atoms with Crippen molar-refractivity contribution in [2.24, 2.45) is 0 Å². The molecule has 0 bridgehead atoms. The maximum Gasteiger partial charge on any atom is 0.348 e. The van der Waals surface area contributed by atoms with Gasteiger partial charge in [0.15, 0.2) is 0 Å². The zero-order valence-electron chi connectivity index (χ0n) is 9.29. The fraction of sp³-hybridized carbons (Fsp3) is 0.273. The number of methoxy groups -OCH3 is 1. The zero-order valence-corrected chi connectivity index (χ0v) is 10.1. The molecule has 2 aromatic heterocycles. The average molecular weight is 252 g/mol. The molecule has 0 aromatic carbocycles. The van der Waals surface area contributed by atoms with E-state index in [1.807, 2.05) is 12.1 Å². The van der Waals surface area contributed by atoms with Crippen molar-refractivity contribution in [3.8, 4) is 10.6 Å². The first kappa shape index (κ1) is 11.8. The molecule has 90 valence electrons. The van der Waals surface area contributed by atoms with E-state index in [4.69, 9.17) is 5.11 Å². The minimum absolute atomic E-state index is 0.0545. The van der Waals surface area contributed by atoms with E-state index < -0.39 is 0 Å². The maximum atomic E-state index is 11.3. The van der Waals surface area contributed by atoms with E-state index in [0.29, 0.717) is 11.4 Å². The van der Waals surface area contributed by atoms with Gasteiger partial charge in [-0.05, 0) is 18.2 Å². The van der Waals surface area contributed by atoms with Gasteiger partial charge in [-0.3, -0.25) is 4.68 Å². The van der Waals surface area contributed by atoms with Gasteiger partial charge >= 0.3 is 5.97 Å². The Morgan fingerprint density at radius 3 is 3.06 bits per heavy atom. The summed E-state index contributed by atoms with van der Waals surface area (Å²) >= 11 is 1.34. The van der Waals surface area contributed by atoms with Crippen molar-refractivity contribution in [3.63, 3.8) is 0 Å². The van der Waals surface area contributed by atoms with Gasteiger partial charge in [0.25, 0.3) is 0 Å². The molecule has 0 aliphatic rings. The van der Waals surface area contributed by atoms with E-state index in [2.05, 4.69) is 9.84 Å². The highest BCUT2D eigenvalue weighted by molar-refractivity contribution is 7.17. The normalized spacial score (nSPS) is 10.5. The van der Waals surface area contributed by atoms with Crippen molar-refractivity contribution in [1.29, 1.82) is 0 Å². The fourth-order valence-corrected chi connectivity index (χ4v) is 2.30. The van der Waals surface area contributed by atoms with E-state index in [0.717, 1.165) is 10.6 Å². The lowest BCUT2D eigenvalue weighted by Gasteiger charge is -1.95. The Hall–Kier alpha value is -1.66. The summed E-state index contributed by atoms with van der Waals surface area (Å²) in [6, 6.07) is 5.40. The van der Waals surface area contributed by atoms with E-state index >= 15 is 0 Å². The second-order valence-corrected chi connectivity index (χ2v) is 4.43. The van der Waals surface area contributed by atoms with E-state index in [1.54, 1.807) is 16.9 Å². The Balaban J connectivity index is 2.21. The minimum atomic E-state index is -0.337. The highest BCUT2D eigenvalue weighted by atomic mass is 32.1. The number of aliphatic hydroxyl groups is 1. The summed E-state index contributed by atoms with van der Waals surface area (Å²) in [6.07, 6.45) is 1.79. The van der Waals surface area contributed by atoms with Crippen molar-refractivity contribution in [2.75, 3.05) is 13.7 Å². The number of aliphatic hydroxyl groups excluding tert-OH is 1. The van der Waals surface area contributed by atoms with Crippen LogP contribution in [0.5, 0.6) is 0 Å². The number of esters is 1. The van der Waals surface area contributed by atoms with Gasteiger partial charge in [0.05, 0.1) is 25.1 Å². The van der Waals surface area contributed by atoms with Crippen LogP contribution in [0.3, 0.4) is 0 Å². The van der Waals surface area contributed by atoms with Crippen LogP contribution >= 0.6 is 11.3 Å². The largest absolute Gasteiger partial charge is 0.465 e. The molecule has 0 saturated heterocycles. The lowest BCUT2D eigenvalue weighted by atomic mass is 10.3. The lowest BCUT2D eigenvalue weighted by Crippen LogP contribution is -2.01. The molecule has 5 nitrogen and oxygen atoms in total. The molecule has 0 saturated carbocycles. The second kappa shape index (κ2) is 5.11. The molecule has 0 spiro atoms. The Labute approximate surface area is 102 Å². The standard InChI is InChI=1S/C11H12N2O3S/c1-16-11(15)10-3-2-9(17-10)8-4-5-13(12-8)6-7-14/h2-5,14H,6-7H2,1H3. The van der Waals surface area contributed by atoms with Gasteiger partial charge in [0, 0.05) is 6.20 Å². The molecule has 0 aliphatic carbocycles. The molecule has 0 fully saturated rings. The van der Waals surface area contributed by atoms with Gasteiger partial charge in [-0.25, -0.2) is 4.79 Å². The van der Waals surface area contributed by atoms with Crippen LogP contribution in [0.25, 0.3) is 10.6 Å². The molecule has 0 unspecified atom stereocenters. The molecule has 2 aromatic rings. The monoisotopic (exact) mass is 252 g/mol. The quantitative estimate of drug-likeness (QED) is 0.835. The Kier molecular flexibility index (Phi) is 3.55. The van der Waals surface area contributed by atoms with Crippen LogP contribution in [-0.2, 0) is 11.3 Å². The zero-order chi connectivity index (χ0) is 12.3. The van der Waals surface area contributed by atoms with Crippen LogP contribution in [-0.4, -0.2) is 34.6 Å². The van der Waals surface area contributed by atoms with Gasteiger partial charge in [0.2, 0.25) is 0 Å². The highest BCUT2D eigenvalue weighted by Crippen LogP contribution is 2.26. The first-order valence-corrected chi connectivity index (χ1v) is 5.89. The van der Waals surface area contributed by atoms with Crippen LogP contribution in [0.4, 0.5) is 0 Å². The summed E-state index contributed by atoms with van der Waals surface area (Å²) in [5.41, 5.74) is 0.790. The first-order valence-electron chi connectivity index (χ1n) is 5.07. The van der Waals surface area contributed by atoms with E-state index in [1.165, 1.54) is 18.4 Å². The molecule has 0 atom stereocenters. The topological polar surface area (TPSA) is 64.3 Å². The minimum Gasteiger partial charge on any atom is -0.465 e. The van der Waals surface area contributed by atoms with Crippen LogP contribution in [0.15, 0.2) is 24.4 Å². The summed E-state index contributed by atoms with van der Waals surface area (Å²) in [7, 11) is 1.36. The first-order chi connectivity index (χ1) is 8.24. The molecule has 6 heteroatoms. The summed E-state index contributed by atoms with van der Waals surface area (Å²) in [5.74, 6) is -0.337. The van der Waals surface area contributed by atoms with E-state index in [9.17, 15) is 4.79 Å². The fourth-order valence-electron chi connectivity index (χ4n) is 1.41. The molecule has 2 rings (SSSR count). The second-order valence-electron chi connectivity index (χ2n) is 3.34. The number of rotatable bonds is 4. The smallest absolute Gasteiger partial charge is 0.348 e. The summed E-state index contributed by atoms with van der Waals surface area (Å²) in [4.78, 5) is 12.8. The average Bonchev–Trinajstić information content (AvgIpc) is 2.96.